The molecule has 1 aromatic carbocycles. The van der Waals surface area contributed by atoms with Crippen LogP contribution in [0.3, 0.4) is 0 Å². The van der Waals surface area contributed by atoms with Crippen LogP contribution in [-0.4, -0.2) is 12.0 Å². The summed E-state index contributed by atoms with van der Waals surface area (Å²) in [6.07, 6.45) is 4.62. The number of hydrogen-bond acceptors (Lipinski definition) is 3. The molecule has 0 atom stereocenters. The molecule has 0 radical (unpaired) electrons. The van der Waals surface area contributed by atoms with E-state index in [1.807, 2.05) is 5.43 Å². The van der Waals surface area contributed by atoms with Crippen molar-refractivity contribution in [2.75, 3.05) is 0 Å². The lowest BCUT2D eigenvalue weighted by atomic mass is 10.1. The topological polar surface area (TPSA) is 64.3 Å². The second-order valence-electron chi connectivity index (χ2n) is 4.50. The third kappa shape index (κ3) is 3.05. The number of rotatable bonds is 4. The molecule has 0 spiro atoms. The zero-order chi connectivity index (χ0) is 13.0. The highest BCUT2D eigenvalue weighted by Gasteiger charge is 2.16. The van der Waals surface area contributed by atoms with Gasteiger partial charge in [-0.15, -0.1) is 0 Å². The number of benzene rings is 1. The van der Waals surface area contributed by atoms with Crippen LogP contribution in [0.5, 0.6) is 0 Å². The van der Waals surface area contributed by atoms with Crippen molar-refractivity contribution < 1.29 is 13.9 Å². The van der Waals surface area contributed by atoms with Crippen LogP contribution < -0.4 is 11.3 Å². The van der Waals surface area contributed by atoms with Crippen molar-refractivity contribution in [3.05, 3.63) is 35.1 Å². The number of carbonyl (C=O) groups excluding carboxylic acids is 1. The number of carbonyl (C=O) groups is 1. The van der Waals surface area contributed by atoms with Crippen LogP contribution in [0.25, 0.3) is 0 Å². The Labute approximate surface area is 105 Å². The van der Waals surface area contributed by atoms with E-state index in [1.54, 1.807) is 0 Å². The number of hydrogen-bond donors (Lipinski definition) is 2. The van der Waals surface area contributed by atoms with E-state index in [0.29, 0.717) is 11.1 Å². The Kier molecular flexibility index (Phi) is 4.28. The Balaban J connectivity index is 2.03. The van der Waals surface area contributed by atoms with Crippen molar-refractivity contribution in [1.29, 1.82) is 0 Å². The molecule has 98 valence electrons. The molecule has 0 unspecified atom stereocenters. The molecule has 0 bridgehead atoms. The molecule has 18 heavy (non-hydrogen) atoms. The SMILES string of the molecule is NNC(=O)c1ccc(F)c(COC2CCCC2)c1. The standard InChI is InChI=1S/C13H17FN2O2/c14-12-6-5-9(13(17)16-15)7-10(12)8-18-11-3-1-2-4-11/h5-7,11H,1-4,8,15H2,(H,16,17). The zero-order valence-electron chi connectivity index (χ0n) is 10.1. The summed E-state index contributed by atoms with van der Waals surface area (Å²) in [5.74, 6) is 4.25. The Morgan fingerprint density at radius 3 is 2.83 bits per heavy atom. The number of nitrogens with two attached hydrogens (primary N) is 1. The van der Waals surface area contributed by atoms with Gasteiger partial charge >= 0.3 is 0 Å². The molecular weight excluding hydrogens is 235 g/mol. The van der Waals surface area contributed by atoms with Crippen molar-refractivity contribution in [3.8, 4) is 0 Å². The Morgan fingerprint density at radius 1 is 1.44 bits per heavy atom. The van der Waals surface area contributed by atoms with E-state index in [1.165, 1.54) is 31.0 Å². The van der Waals surface area contributed by atoms with Crippen LogP contribution in [0.2, 0.25) is 0 Å². The number of nitrogens with one attached hydrogen (secondary N) is 1. The van der Waals surface area contributed by atoms with Gasteiger partial charge in [0.1, 0.15) is 5.82 Å². The predicted molar refractivity (Wildman–Crippen MR) is 65.1 cm³/mol. The lowest BCUT2D eigenvalue weighted by Crippen LogP contribution is -2.30. The minimum Gasteiger partial charge on any atom is -0.373 e. The molecule has 0 heterocycles. The summed E-state index contributed by atoms with van der Waals surface area (Å²) < 4.78 is 19.2. The third-order valence-electron chi connectivity index (χ3n) is 3.22. The van der Waals surface area contributed by atoms with Gasteiger partial charge in [-0.2, -0.15) is 0 Å². The first-order chi connectivity index (χ1) is 8.70. The van der Waals surface area contributed by atoms with E-state index >= 15 is 0 Å². The predicted octanol–water partition coefficient (Wildman–Crippen LogP) is 1.89. The van der Waals surface area contributed by atoms with Crippen LogP contribution in [-0.2, 0) is 11.3 Å². The second-order valence-corrected chi connectivity index (χ2v) is 4.50. The van der Waals surface area contributed by atoms with E-state index < -0.39 is 5.91 Å². The maximum Gasteiger partial charge on any atom is 0.265 e. The molecule has 1 fully saturated rings. The normalized spacial score (nSPS) is 15.9. The van der Waals surface area contributed by atoms with Crippen LogP contribution in [0.15, 0.2) is 18.2 Å². The van der Waals surface area contributed by atoms with Gasteiger partial charge in [-0.3, -0.25) is 10.2 Å². The smallest absolute Gasteiger partial charge is 0.265 e. The first-order valence-electron chi connectivity index (χ1n) is 6.11. The fourth-order valence-corrected chi connectivity index (χ4v) is 2.17. The molecule has 0 aromatic heterocycles. The van der Waals surface area contributed by atoms with Crippen LogP contribution >= 0.6 is 0 Å². The molecule has 1 aromatic rings. The summed E-state index contributed by atoms with van der Waals surface area (Å²) >= 11 is 0. The van der Waals surface area contributed by atoms with Crippen LogP contribution in [0.1, 0.15) is 41.6 Å². The summed E-state index contributed by atoms with van der Waals surface area (Å²) in [7, 11) is 0. The van der Waals surface area contributed by atoms with Gasteiger partial charge in [0.05, 0.1) is 12.7 Å². The Morgan fingerprint density at radius 2 is 2.17 bits per heavy atom. The maximum absolute atomic E-state index is 13.6. The maximum atomic E-state index is 13.6. The molecule has 5 heteroatoms. The van der Waals surface area contributed by atoms with E-state index in [-0.39, 0.29) is 18.5 Å². The van der Waals surface area contributed by atoms with Crippen LogP contribution in [0.4, 0.5) is 4.39 Å². The quantitative estimate of drug-likeness (QED) is 0.488. The van der Waals surface area contributed by atoms with Crippen molar-refractivity contribution in [2.45, 2.75) is 38.4 Å². The van der Waals surface area contributed by atoms with E-state index in [0.717, 1.165) is 12.8 Å². The molecule has 1 saturated carbocycles. The van der Waals surface area contributed by atoms with Gasteiger partial charge < -0.3 is 4.74 Å². The van der Waals surface area contributed by atoms with Gasteiger partial charge in [0, 0.05) is 11.1 Å². The molecular formula is C13H17FN2O2. The van der Waals surface area contributed by atoms with Gasteiger partial charge in [0.15, 0.2) is 0 Å². The van der Waals surface area contributed by atoms with Gasteiger partial charge in [-0.1, -0.05) is 12.8 Å². The van der Waals surface area contributed by atoms with Gasteiger partial charge in [0.2, 0.25) is 0 Å². The van der Waals surface area contributed by atoms with Crippen LogP contribution in [0, 0.1) is 5.82 Å². The minimum atomic E-state index is -0.433. The Hall–Kier alpha value is -1.46. The largest absolute Gasteiger partial charge is 0.373 e. The number of halogens is 1. The molecule has 1 aliphatic carbocycles. The average Bonchev–Trinajstić information content (AvgIpc) is 2.90. The molecule has 0 saturated heterocycles. The summed E-state index contributed by atoms with van der Waals surface area (Å²) in [5, 5.41) is 0. The number of hydrazine groups is 1. The summed E-state index contributed by atoms with van der Waals surface area (Å²) in [6.45, 7) is 0.197. The van der Waals surface area contributed by atoms with E-state index in [4.69, 9.17) is 10.6 Å². The van der Waals surface area contributed by atoms with Crippen molar-refractivity contribution in [1.82, 2.24) is 5.43 Å². The molecule has 3 N–H and O–H groups in total. The number of ether oxygens (including phenoxy) is 1. The first kappa shape index (κ1) is 13.0. The van der Waals surface area contributed by atoms with E-state index in [2.05, 4.69) is 0 Å². The minimum absolute atomic E-state index is 0.197. The Bertz CT molecular complexity index is 431. The van der Waals surface area contributed by atoms with E-state index in [9.17, 15) is 9.18 Å². The summed E-state index contributed by atoms with van der Waals surface area (Å²) in [6, 6.07) is 4.14. The molecule has 0 aliphatic heterocycles. The van der Waals surface area contributed by atoms with Crippen molar-refractivity contribution in [3.63, 3.8) is 0 Å². The summed E-state index contributed by atoms with van der Waals surface area (Å²) in [5.41, 5.74) is 2.75. The molecule has 2 rings (SSSR count). The lowest BCUT2D eigenvalue weighted by Gasteiger charge is -2.12. The second kappa shape index (κ2) is 5.93. The third-order valence-corrected chi connectivity index (χ3v) is 3.22. The van der Waals surface area contributed by atoms with Gasteiger partial charge in [-0.05, 0) is 31.0 Å². The van der Waals surface area contributed by atoms with Crippen molar-refractivity contribution in [2.24, 2.45) is 5.84 Å². The highest BCUT2D eigenvalue weighted by molar-refractivity contribution is 5.93. The van der Waals surface area contributed by atoms with Crippen molar-refractivity contribution >= 4 is 5.91 Å². The highest BCUT2D eigenvalue weighted by atomic mass is 19.1. The highest BCUT2D eigenvalue weighted by Crippen LogP contribution is 2.22. The average molecular weight is 252 g/mol. The number of amides is 1. The monoisotopic (exact) mass is 252 g/mol. The summed E-state index contributed by atoms with van der Waals surface area (Å²) in [4.78, 5) is 11.3. The lowest BCUT2D eigenvalue weighted by molar-refractivity contribution is 0.0441. The number of nitrogen functional groups attached to an aromatic ring is 1. The fraction of sp³-hybridized carbons (Fsp3) is 0.462. The molecule has 1 amide bonds. The first-order valence-corrected chi connectivity index (χ1v) is 6.11. The molecule has 4 nitrogen and oxygen atoms in total. The molecule has 1 aliphatic rings. The fourth-order valence-electron chi connectivity index (χ4n) is 2.17. The van der Waals surface area contributed by atoms with Gasteiger partial charge in [-0.25, -0.2) is 10.2 Å². The van der Waals surface area contributed by atoms with Gasteiger partial charge in [0.25, 0.3) is 5.91 Å². The zero-order valence-corrected chi connectivity index (χ0v) is 10.1.